The number of nitrogens with zero attached hydrogens (tertiary/aromatic N) is 1. The van der Waals surface area contributed by atoms with Gasteiger partial charge >= 0.3 is 0 Å². The Kier molecular flexibility index (Phi) is 3.15. The van der Waals surface area contributed by atoms with Gasteiger partial charge in [-0.15, -0.1) is 0 Å². The molecule has 0 aromatic heterocycles. The van der Waals surface area contributed by atoms with E-state index >= 15 is 0 Å². The van der Waals surface area contributed by atoms with Gasteiger partial charge in [-0.2, -0.15) is 0 Å². The lowest BCUT2D eigenvalue weighted by atomic mass is 9.93. The highest BCUT2D eigenvalue weighted by Crippen LogP contribution is 2.46. The number of hydrogen-bond donors (Lipinski definition) is 2. The largest absolute Gasteiger partial charge is 0.508 e. The van der Waals surface area contributed by atoms with Crippen LogP contribution >= 0.6 is 0 Å². The Morgan fingerprint density at radius 2 is 2.10 bits per heavy atom. The number of rotatable bonds is 2. The molecular weight excluding hydrogens is 270 g/mol. The van der Waals surface area contributed by atoms with Gasteiger partial charge in [-0.3, -0.25) is 0 Å². The zero-order valence-electron chi connectivity index (χ0n) is 12.8. The lowest BCUT2D eigenvalue weighted by Gasteiger charge is -2.35. The lowest BCUT2D eigenvalue weighted by Crippen LogP contribution is -2.40. The number of anilines is 1. The Morgan fingerprint density at radius 1 is 1.38 bits per heavy atom. The van der Waals surface area contributed by atoms with Crippen LogP contribution in [-0.2, 0) is 9.47 Å². The third kappa shape index (κ3) is 2.17. The van der Waals surface area contributed by atoms with E-state index in [9.17, 15) is 10.2 Å². The molecule has 0 saturated carbocycles. The summed E-state index contributed by atoms with van der Waals surface area (Å²) in [7, 11) is 3.57. The van der Waals surface area contributed by atoms with Crippen LogP contribution in [0.3, 0.4) is 0 Å². The van der Waals surface area contributed by atoms with Crippen molar-refractivity contribution in [3.05, 3.63) is 29.3 Å². The number of methoxy groups -OCH3 is 1. The first-order valence-corrected chi connectivity index (χ1v) is 7.04. The smallest absolute Gasteiger partial charge is 0.156 e. The van der Waals surface area contributed by atoms with Crippen molar-refractivity contribution in [1.29, 1.82) is 0 Å². The van der Waals surface area contributed by atoms with Gasteiger partial charge in [0.05, 0.1) is 18.8 Å². The Bertz CT molecular complexity index is 603. The summed E-state index contributed by atoms with van der Waals surface area (Å²) in [6.45, 7) is 3.50. The number of hydrogen-bond acceptors (Lipinski definition) is 5. The van der Waals surface area contributed by atoms with E-state index in [1.807, 2.05) is 18.0 Å². The minimum absolute atomic E-state index is 0.203. The van der Waals surface area contributed by atoms with Crippen molar-refractivity contribution >= 4 is 11.4 Å². The Labute approximate surface area is 124 Å². The second-order valence-corrected chi connectivity index (χ2v) is 6.21. The number of ether oxygens (including phenoxy) is 2. The fourth-order valence-electron chi connectivity index (χ4n) is 3.09. The maximum Gasteiger partial charge on any atom is 0.156 e. The van der Waals surface area contributed by atoms with E-state index in [4.69, 9.17) is 9.47 Å². The highest BCUT2D eigenvalue weighted by Gasteiger charge is 2.45. The first-order valence-electron chi connectivity index (χ1n) is 7.04. The molecule has 0 radical (unpaired) electrons. The Hall–Kier alpha value is -1.72. The fraction of sp³-hybridized carbons (Fsp3) is 0.500. The van der Waals surface area contributed by atoms with Crippen LogP contribution in [0.1, 0.15) is 25.8 Å². The molecule has 0 aliphatic carbocycles. The zero-order valence-corrected chi connectivity index (χ0v) is 12.8. The molecule has 1 fully saturated rings. The number of phenolic OH excluding ortho intramolecular Hbond substituents is 1. The van der Waals surface area contributed by atoms with Gasteiger partial charge in [0.2, 0.25) is 0 Å². The number of aliphatic hydroxyl groups is 1. The molecule has 5 nitrogen and oxygen atoms in total. The molecule has 1 aromatic rings. The monoisotopic (exact) mass is 291 g/mol. The van der Waals surface area contributed by atoms with Crippen LogP contribution in [0.2, 0.25) is 0 Å². The molecule has 2 aliphatic heterocycles. The van der Waals surface area contributed by atoms with Crippen molar-refractivity contribution in [3.8, 4) is 5.75 Å². The predicted octanol–water partition coefficient (Wildman–Crippen LogP) is 2.09. The van der Waals surface area contributed by atoms with E-state index in [1.54, 1.807) is 33.1 Å². The SMILES string of the molecule is COC1=C2CC(C(C)(C)O)OC2N(C)c2ccc(O)cc21. The van der Waals surface area contributed by atoms with Crippen molar-refractivity contribution in [2.24, 2.45) is 0 Å². The molecule has 114 valence electrons. The topological polar surface area (TPSA) is 62.2 Å². The van der Waals surface area contributed by atoms with Gasteiger partial charge in [0.1, 0.15) is 11.5 Å². The predicted molar refractivity (Wildman–Crippen MR) is 80.0 cm³/mol. The minimum atomic E-state index is -0.918. The van der Waals surface area contributed by atoms with E-state index in [1.165, 1.54) is 0 Å². The average Bonchev–Trinajstić information content (AvgIpc) is 2.84. The molecule has 2 atom stereocenters. The third-order valence-corrected chi connectivity index (χ3v) is 4.24. The Balaban J connectivity index is 2.11. The van der Waals surface area contributed by atoms with Gasteiger partial charge in [0.15, 0.2) is 6.23 Å². The van der Waals surface area contributed by atoms with Crippen LogP contribution in [0.15, 0.2) is 23.8 Å². The van der Waals surface area contributed by atoms with E-state index < -0.39 is 5.60 Å². The second kappa shape index (κ2) is 4.64. The fourth-order valence-corrected chi connectivity index (χ4v) is 3.09. The molecule has 21 heavy (non-hydrogen) atoms. The molecule has 0 amide bonds. The van der Waals surface area contributed by atoms with Crippen LogP contribution in [0.4, 0.5) is 5.69 Å². The summed E-state index contributed by atoms with van der Waals surface area (Å²) in [6.07, 6.45) is 0.0815. The highest BCUT2D eigenvalue weighted by atomic mass is 16.5. The maximum absolute atomic E-state index is 10.2. The normalized spacial score (nSPS) is 24.9. The average molecular weight is 291 g/mol. The molecule has 0 bridgehead atoms. The summed E-state index contributed by atoms with van der Waals surface area (Å²) in [5.74, 6) is 0.935. The number of benzene rings is 1. The van der Waals surface area contributed by atoms with Gasteiger partial charge in [0.25, 0.3) is 0 Å². The highest BCUT2D eigenvalue weighted by molar-refractivity contribution is 5.81. The maximum atomic E-state index is 10.2. The molecule has 1 aromatic carbocycles. The van der Waals surface area contributed by atoms with Gasteiger partial charge in [-0.25, -0.2) is 0 Å². The molecule has 2 N–H and O–H groups in total. The van der Waals surface area contributed by atoms with Gasteiger partial charge in [-0.05, 0) is 32.0 Å². The van der Waals surface area contributed by atoms with E-state index in [2.05, 4.69) is 0 Å². The molecule has 3 rings (SSSR count). The van der Waals surface area contributed by atoms with Crippen molar-refractivity contribution in [1.82, 2.24) is 0 Å². The van der Waals surface area contributed by atoms with Crippen molar-refractivity contribution < 1.29 is 19.7 Å². The van der Waals surface area contributed by atoms with Crippen LogP contribution < -0.4 is 4.90 Å². The van der Waals surface area contributed by atoms with Crippen LogP contribution in [0.5, 0.6) is 5.75 Å². The summed E-state index contributed by atoms with van der Waals surface area (Å²) < 4.78 is 11.6. The molecule has 2 aliphatic rings. The summed E-state index contributed by atoms with van der Waals surface area (Å²) in [5.41, 5.74) is 1.88. The second-order valence-electron chi connectivity index (χ2n) is 6.21. The molecule has 1 saturated heterocycles. The molecule has 0 spiro atoms. The summed E-state index contributed by atoms with van der Waals surface area (Å²) >= 11 is 0. The number of fused-ring (bicyclic) bond motifs is 2. The van der Waals surface area contributed by atoms with Gasteiger partial charge < -0.3 is 24.6 Å². The van der Waals surface area contributed by atoms with Gasteiger partial charge in [-0.1, -0.05) is 0 Å². The van der Waals surface area contributed by atoms with Gasteiger partial charge in [0, 0.05) is 30.3 Å². The van der Waals surface area contributed by atoms with Crippen LogP contribution in [-0.4, -0.2) is 42.3 Å². The molecule has 2 heterocycles. The minimum Gasteiger partial charge on any atom is -0.508 e. The lowest BCUT2D eigenvalue weighted by molar-refractivity contribution is -0.0807. The number of likely N-dealkylation sites (N-methyl/N-ethyl adjacent to an activating group) is 1. The Morgan fingerprint density at radius 3 is 2.71 bits per heavy atom. The first kappa shape index (κ1) is 14.2. The standard InChI is InChI=1S/C16H21NO4/c1-16(2,19)13-8-11-14(20-4)10-7-9(18)5-6-12(10)17(3)15(11)21-13/h5-7,13,15,18-19H,8H2,1-4H3. The first-order chi connectivity index (χ1) is 9.82. The molecule has 2 unspecified atom stereocenters. The molecule has 5 heteroatoms. The summed E-state index contributed by atoms with van der Waals surface area (Å²) in [5, 5.41) is 20.0. The zero-order chi connectivity index (χ0) is 15.4. The number of aromatic hydroxyl groups is 1. The van der Waals surface area contributed by atoms with Crippen molar-refractivity contribution in [2.75, 3.05) is 19.1 Å². The van der Waals surface area contributed by atoms with E-state index in [0.29, 0.717) is 6.42 Å². The van der Waals surface area contributed by atoms with Crippen molar-refractivity contribution in [3.63, 3.8) is 0 Å². The third-order valence-electron chi connectivity index (χ3n) is 4.24. The summed E-state index contributed by atoms with van der Waals surface area (Å²) in [4.78, 5) is 2.01. The summed E-state index contributed by atoms with van der Waals surface area (Å²) in [6, 6.07) is 5.20. The van der Waals surface area contributed by atoms with Crippen LogP contribution in [0, 0.1) is 0 Å². The van der Waals surface area contributed by atoms with E-state index in [-0.39, 0.29) is 18.1 Å². The quantitative estimate of drug-likeness (QED) is 0.873. The van der Waals surface area contributed by atoms with Crippen molar-refractivity contribution in [2.45, 2.75) is 38.2 Å². The van der Waals surface area contributed by atoms with E-state index in [0.717, 1.165) is 22.6 Å². The molecular formula is C16H21NO4. The van der Waals surface area contributed by atoms with Crippen LogP contribution in [0.25, 0.3) is 5.76 Å². The number of phenols is 1.